The summed E-state index contributed by atoms with van der Waals surface area (Å²) in [5, 5.41) is 0. The molecular formula is C17H11ClF2S. The lowest BCUT2D eigenvalue weighted by atomic mass is 10.0. The molecule has 1 heterocycles. The number of halogens is 3. The minimum atomic E-state index is -0.383. The second kappa shape index (κ2) is 5.58. The fourth-order valence-corrected chi connectivity index (χ4v) is 3.27. The molecule has 106 valence electrons. The Balaban J connectivity index is 2.05. The van der Waals surface area contributed by atoms with E-state index in [-0.39, 0.29) is 11.6 Å². The second-order valence-electron chi connectivity index (χ2n) is 4.78. The van der Waals surface area contributed by atoms with Gasteiger partial charge in [-0.1, -0.05) is 29.8 Å². The summed E-state index contributed by atoms with van der Waals surface area (Å²) in [5.74, 6) is -0.729. The standard InChI is InChI=1S/C17H11ClF2S/c1-10-2-4-12(14(19)8-10)11-3-5-13(15(20)9-11)16-6-7-17(18)21-16/h2-9H,1H3. The minimum Gasteiger partial charge on any atom is -0.206 e. The summed E-state index contributed by atoms with van der Waals surface area (Å²) in [6.45, 7) is 1.82. The van der Waals surface area contributed by atoms with Crippen LogP contribution in [0.2, 0.25) is 4.34 Å². The molecule has 0 atom stereocenters. The number of hydrogen-bond donors (Lipinski definition) is 0. The molecule has 0 bridgehead atoms. The molecule has 0 aliphatic carbocycles. The van der Waals surface area contributed by atoms with Gasteiger partial charge in [-0.3, -0.25) is 0 Å². The van der Waals surface area contributed by atoms with Gasteiger partial charge in [-0.15, -0.1) is 11.3 Å². The van der Waals surface area contributed by atoms with E-state index in [1.54, 1.807) is 30.3 Å². The molecule has 0 aliphatic heterocycles. The molecule has 3 aromatic rings. The average Bonchev–Trinajstić information content (AvgIpc) is 2.85. The summed E-state index contributed by atoms with van der Waals surface area (Å²) in [7, 11) is 0. The largest absolute Gasteiger partial charge is 0.206 e. The number of rotatable bonds is 2. The number of thiophene rings is 1. The van der Waals surface area contributed by atoms with Crippen LogP contribution >= 0.6 is 22.9 Å². The molecular weight excluding hydrogens is 310 g/mol. The monoisotopic (exact) mass is 320 g/mol. The van der Waals surface area contributed by atoms with Crippen molar-refractivity contribution in [3.63, 3.8) is 0 Å². The molecule has 0 amide bonds. The molecule has 0 radical (unpaired) electrons. The smallest absolute Gasteiger partial charge is 0.132 e. The number of benzene rings is 2. The molecule has 3 rings (SSSR count). The Morgan fingerprint density at radius 1 is 0.857 bits per heavy atom. The lowest BCUT2D eigenvalue weighted by molar-refractivity contribution is 0.626. The van der Waals surface area contributed by atoms with Gasteiger partial charge in [-0.2, -0.15) is 0 Å². The Morgan fingerprint density at radius 3 is 2.19 bits per heavy atom. The topological polar surface area (TPSA) is 0 Å². The molecule has 0 N–H and O–H groups in total. The Kier molecular flexibility index (Phi) is 3.79. The quantitative estimate of drug-likeness (QED) is 0.518. The number of hydrogen-bond acceptors (Lipinski definition) is 1. The first-order valence-electron chi connectivity index (χ1n) is 6.36. The summed E-state index contributed by atoms with van der Waals surface area (Å²) in [6.07, 6.45) is 0. The van der Waals surface area contributed by atoms with Gasteiger partial charge < -0.3 is 0 Å². The van der Waals surface area contributed by atoms with Crippen LogP contribution in [0.4, 0.5) is 8.78 Å². The van der Waals surface area contributed by atoms with Crippen LogP contribution in [0.25, 0.3) is 21.6 Å². The molecule has 4 heteroatoms. The lowest BCUT2D eigenvalue weighted by Gasteiger charge is -2.07. The predicted molar refractivity (Wildman–Crippen MR) is 84.9 cm³/mol. The van der Waals surface area contributed by atoms with Crippen molar-refractivity contribution >= 4 is 22.9 Å². The highest BCUT2D eigenvalue weighted by Gasteiger charge is 2.11. The highest BCUT2D eigenvalue weighted by Crippen LogP contribution is 2.34. The van der Waals surface area contributed by atoms with Crippen LogP contribution in [-0.2, 0) is 0 Å². The van der Waals surface area contributed by atoms with Gasteiger partial charge in [0.1, 0.15) is 11.6 Å². The summed E-state index contributed by atoms with van der Waals surface area (Å²) in [4.78, 5) is 0.758. The van der Waals surface area contributed by atoms with E-state index in [4.69, 9.17) is 11.6 Å². The van der Waals surface area contributed by atoms with Crippen molar-refractivity contribution in [2.75, 3.05) is 0 Å². The van der Waals surface area contributed by atoms with E-state index in [1.165, 1.54) is 23.5 Å². The summed E-state index contributed by atoms with van der Waals surface area (Å²) < 4.78 is 28.8. The third-order valence-electron chi connectivity index (χ3n) is 3.24. The van der Waals surface area contributed by atoms with Crippen LogP contribution in [0, 0.1) is 18.6 Å². The Morgan fingerprint density at radius 2 is 1.57 bits per heavy atom. The Labute approximate surface area is 130 Å². The van der Waals surface area contributed by atoms with Gasteiger partial charge in [-0.25, -0.2) is 8.78 Å². The highest BCUT2D eigenvalue weighted by atomic mass is 35.5. The summed E-state index contributed by atoms with van der Waals surface area (Å²) in [5.41, 5.74) is 2.23. The van der Waals surface area contributed by atoms with Crippen molar-refractivity contribution in [1.29, 1.82) is 0 Å². The van der Waals surface area contributed by atoms with Crippen molar-refractivity contribution < 1.29 is 8.78 Å². The average molecular weight is 321 g/mol. The van der Waals surface area contributed by atoms with Crippen LogP contribution in [0.15, 0.2) is 48.5 Å². The maximum Gasteiger partial charge on any atom is 0.132 e. The fourth-order valence-electron chi connectivity index (χ4n) is 2.20. The second-order valence-corrected chi connectivity index (χ2v) is 6.50. The fraction of sp³-hybridized carbons (Fsp3) is 0.0588. The van der Waals surface area contributed by atoms with Crippen molar-refractivity contribution in [3.05, 3.63) is 70.1 Å². The van der Waals surface area contributed by atoms with Crippen molar-refractivity contribution in [2.24, 2.45) is 0 Å². The molecule has 21 heavy (non-hydrogen) atoms. The lowest BCUT2D eigenvalue weighted by Crippen LogP contribution is -1.88. The molecule has 0 nitrogen and oxygen atoms in total. The van der Waals surface area contributed by atoms with E-state index in [0.29, 0.717) is 21.0 Å². The molecule has 0 saturated carbocycles. The third-order valence-corrected chi connectivity index (χ3v) is 4.51. The highest BCUT2D eigenvalue weighted by molar-refractivity contribution is 7.19. The molecule has 0 saturated heterocycles. The maximum absolute atomic E-state index is 14.3. The van der Waals surface area contributed by atoms with Gasteiger partial charge in [0.15, 0.2) is 0 Å². The van der Waals surface area contributed by atoms with E-state index in [9.17, 15) is 8.78 Å². The van der Waals surface area contributed by atoms with Gasteiger partial charge in [0.25, 0.3) is 0 Å². The zero-order valence-corrected chi connectivity index (χ0v) is 12.7. The zero-order valence-electron chi connectivity index (χ0n) is 11.2. The molecule has 0 aliphatic rings. The summed E-state index contributed by atoms with van der Waals surface area (Å²) >= 11 is 7.19. The van der Waals surface area contributed by atoms with Crippen molar-refractivity contribution in [3.8, 4) is 21.6 Å². The van der Waals surface area contributed by atoms with Crippen LogP contribution in [0.1, 0.15) is 5.56 Å². The van der Waals surface area contributed by atoms with E-state index in [1.807, 2.05) is 13.0 Å². The normalized spacial score (nSPS) is 10.9. The Hall–Kier alpha value is -1.71. The first-order chi connectivity index (χ1) is 10.0. The predicted octanol–water partition coefficient (Wildman–Crippen LogP) is 6.32. The zero-order chi connectivity index (χ0) is 15.0. The van der Waals surface area contributed by atoms with Gasteiger partial charge in [0, 0.05) is 16.0 Å². The van der Waals surface area contributed by atoms with Crippen LogP contribution < -0.4 is 0 Å². The van der Waals surface area contributed by atoms with Crippen LogP contribution in [0.3, 0.4) is 0 Å². The van der Waals surface area contributed by atoms with Crippen LogP contribution in [0.5, 0.6) is 0 Å². The molecule has 2 aromatic carbocycles. The van der Waals surface area contributed by atoms with Crippen molar-refractivity contribution in [2.45, 2.75) is 6.92 Å². The van der Waals surface area contributed by atoms with Gasteiger partial charge in [-0.05, 0) is 48.4 Å². The molecule has 1 aromatic heterocycles. The van der Waals surface area contributed by atoms with E-state index >= 15 is 0 Å². The number of aryl methyl sites for hydroxylation is 1. The minimum absolute atomic E-state index is 0.346. The molecule has 0 spiro atoms. The van der Waals surface area contributed by atoms with Gasteiger partial charge in [0.2, 0.25) is 0 Å². The van der Waals surface area contributed by atoms with Gasteiger partial charge >= 0.3 is 0 Å². The SMILES string of the molecule is Cc1ccc(-c2ccc(-c3ccc(Cl)s3)c(F)c2)c(F)c1. The Bertz CT molecular complexity index is 808. The molecule has 0 unspecified atom stereocenters. The first kappa shape index (κ1) is 14.2. The molecule has 0 fully saturated rings. The van der Waals surface area contributed by atoms with Crippen molar-refractivity contribution in [1.82, 2.24) is 0 Å². The third kappa shape index (κ3) is 2.85. The maximum atomic E-state index is 14.3. The summed E-state index contributed by atoms with van der Waals surface area (Å²) in [6, 6.07) is 13.2. The van der Waals surface area contributed by atoms with E-state index in [0.717, 1.165) is 10.4 Å². The first-order valence-corrected chi connectivity index (χ1v) is 7.56. The van der Waals surface area contributed by atoms with E-state index in [2.05, 4.69) is 0 Å². The van der Waals surface area contributed by atoms with E-state index < -0.39 is 0 Å². The van der Waals surface area contributed by atoms with Crippen LogP contribution in [-0.4, -0.2) is 0 Å². The van der Waals surface area contributed by atoms with Gasteiger partial charge in [0.05, 0.1) is 4.34 Å².